The van der Waals surface area contributed by atoms with Crippen LogP contribution in [-0.4, -0.2) is 13.6 Å². The minimum Gasteiger partial charge on any atom is -0.374 e. The smallest absolute Gasteiger partial charge is 0.0396 e. The molecule has 0 amide bonds. The van der Waals surface area contributed by atoms with Gasteiger partial charge in [0, 0.05) is 19.3 Å². The fourth-order valence-electron chi connectivity index (χ4n) is 2.06. The Hall–Kier alpha value is -0.980. The molecule has 1 aliphatic rings. The normalized spacial score (nSPS) is 15.7. The van der Waals surface area contributed by atoms with E-state index in [2.05, 4.69) is 37.1 Å². The molecule has 0 saturated carbocycles. The number of aryl methyl sites for hydroxylation is 2. The lowest BCUT2D eigenvalue weighted by Gasteiger charge is -2.27. The lowest BCUT2D eigenvalue weighted by molar-refractivity contribution is 0.743. The lowest BCUT2D eigenvalue weighted by atomic mass is 9.99. The van der Waals surface area contributed by atoms with Gasteiger partial charge in [-0.2, -0.15) is 0 Å². The first-order valence-corrected chi connectivity index (χ1v) is 5.14. The van der Waals surface area contributed by atoms with Gasteiger partial charge in [0.1, 0.15) is 0 Å². The minimum atomic E-state index is 1.15. The molecule has 0 bridgehead atoms. The van der Waals surface area contributed by atoms with Crippen molar-refractivity contribution in [1.82, 2.24) is 0 Å². The van der Waals surface area contributed by atoms with E-state index in [0.717, 1.165) is 6.42 Å². The number of nitrogens with zero attached hydrogens (tertiary/aromatic N) is 1. The second-order valence-corrected chi connectivity index (χ2v) is 3.84. The summed E-state index contributed by atoms with van der Waals surface area (Å²) in [6.07, 6.45) is 3.71. The van der Waals surface area contributed by atoms with Gasteiger partial charge < -0.3 is 4.90 Å². The van der Waals surface area contributed by atoms with E-state index in [1.165, 1.54) is 36.2 Å². The molecule has 0 fully saturated rings. The van der Waals surface area contributed by atoms with Gasteiger partial charge >= 0.3 is 0 Å². The van der Waals surface area contributed by atoms with Crippen molar-refractivity contribution in [2.45, 2.75) is 26.2 Å². The molecule has 1 aromatic rings. The quantitative estimate of drug-likeness (QED) is 0.634. The monoisotopic (exact) mass is 175 g/mol. The van der Waals surface area contributed by atoms with Crippen LogP contribution in [0.1, 0.15) is 24.5 Å². The van der Waals surface area contributed by atoms with Crippen LogP contribution in [0.4, 0.5) is 5.69 Å². The minimum absolute atomic E-state index is 1.15. The van der Waals surface area contributed by atoms with Crippen molar-refractivity contribution in [3.63, 3.8) is 0 Å². The second kappa shape index (κ2) is 3.41. The van der Waals surface area contributed by atoms with E-state index < -0.39 is 0 Å². The van der Waals surface area contributed by atoms with Crippen molar-refractivity contribution in [1.29, 1.82) is 0 Å². The van der Waals surface area contributed by atoms with Gasteiger partial charge in [-0.1, -0.05) is 19.1 Å². The highest BCUT2D eigenvalue weighted by Crippen LogP contribution is 2.26. The standard InChI is InChI=1S/C12H17N/c1-3-10-6-7-12-11(9-10)5-4-8-13(12)2/h6-7,9H,3-5,8H2,1-2H3. The van der Waals surface area contributed by atoms with Gasteiger partial charge in [-0.15, -0.1) is 0 Å². The van der Waals surface area contributed by atoms with Crippen LogP contribution in [0.5, 0.6) is 0 Å². The van der Waals surface area contributed by atoms with Crippen molar-refractivity contribution in [3.05, 3.63) is 29.3 Å². The summed E-state index contributed by atoms with van der Waals surface area (Å²) in [5, 5.41) is 0. The van der Waals surface area contributed by atoms with Crippen molar-refractivity contribution < 1.29 is 0 Å². The Labute approximate surface area is 80.4 Å². The van der Waals surface area contributed by atoms with Crippen LogP contribution in [0.15, 0.2) is 18.2 Å². The van der Waals surface area contributed by atoms with E-state index in [1.54, 1.807) is 0 Å². The van der Waals surface area contributed by atoms with Crippen LogP contribution in [0.3, 0.4) is 0 Å². The van der Waals surface area contributed by atoms with Crippen molar-refractivity contribution in [2.24, 2.45) is 0 Å². The van der Waals surface area contributed by atoms with Crippen molar-refractivity contribution in [2.75, 3.05) is 18.5 Å². The fourth-order valence-corrected chi connectivity index (χ4v) is 2.06. The van der Waals surface area contributed by atoms with Crippen LogP contribution in [0.2, 0.25) is 0 Å². The summed E-state index contributed by atoms with van der Waals surface area (Å²) in [6, 6.07) is 6.89. The van der Waals surface area contributed by atoms with Gasteiger partial charge in [0.15, 0.2) is 0 Å². The molecule has 0 spiro atoms. The maximum atomic E-state index is 2.37. The summed E-state index contributed by atoms with van der Waals surface area (Å²) in [5.41, 5.74) is 4.44. The maximum absolute atomic E-state index is 2.37. The van der Waals surface area contributed by atoms with E-state index >= 15 is 0 Å². The van der Waals surface area contributed by atoms with Gasteiger partial charge in [0.25, 0.3) is 0 Å². The molecule has 2 rings (SSSR count). The van der Waals surface area contributed by atoms with E-state index in [9.17, 15) is 0 Å². The van der Waals surface area contributed by atoms with E-state index in [4.69, 9.17) is 0 Å². The Morgan fingerprint density at radius 2 is 2.23 bits per heavy atom. The first kappa shape index (κ1) is 8.61. The molecule has 1 heterocycles. The Morgan fingerprint density at radius 1 is 1.38 bits per heavy atom. The van der Waals surface area contributed by atoms with Crippen LogP contribution >= 0.6 is 0 Å². The summed E-state index contributed by atoms with van der Waals surface area (Å²) in [6.45, 7) is 3.42. The average molecular weight is 175 g/mol. The first-order chi connectivity index (χ1) is 6.31. The fraction of sp³-hybridized carbons (Fsp3) is 0.500. The Balaban J connectivity index is 2.39. The predicted octanol–water partition coefficient (Wildman–Crippen LogP) is 2.63. The van der Waals surface area contributed by atoms with E-state index in [-0.39, 0.29) is 0 Å². The second-order valence-electron chi connectivity index (χ2n) is 3.84. The summed E-state index contributed by atoms with van der Waals surface area (Å²) in [7, 11) is 2.18. The summed E-state index contributed by atoms with van der Waals surface area (Å²) >= 11 is 0. The van der Waals surface area contributed by atoms with Gasteiger partial charge in [-0.3, -0.25) is 0 Å². The zero-order chi connectivity index (χ0) is 9.26. The molecule has 0 N–H and O–H groups in total. The van der Waals surface area contributed by atoms with Crippen LogP contribution in [0, 0.1) is 0 Å². The Bertz CT molecular complexity index is 304. The molecule has 0 radical (unpaired) electrons. The number of fused-ring (bicyclic) bond motifs is 1. The molecule has 1 heteroatoms. The van der Waals surface area contributed by atoms with E-state index in [1.807, 2.05) is 0 Å². The highest BCUT2D eigenvalue weighted by Gasteiger charge is 2.12. The molecular formula is C12H17N. The summed E-state index contributed by atoms with van der Waals surface area (Å²) < 4.78 is 0. The highest BCUT2D eigenvalue weighted by atomic mass is 15.1. The number of rotatable bonds is 1. The van der Waals surface area contributed by atoms with Crippen LogP contribution in [-0.2, 0) is 12.8 Å². The Kier molecular flexibility index (Phi) is 2.26. The van der Waals surface area contributed by atoms with Crippen LogP contribution < -0.4 is 4.90 Å². The number of anilines is 1. The third kappa shape index (κ3) is 1.55. The molecule has 1 nitrogen and oxygen atoms in total. The number of hydrogen-bond donors (Lipinski definition) is 0. The zero-order valence-corrected chi connectivity index (χ0v) is 8.51. The molecule has 0 aromatic heterocycles. The topological polar surface area (TPSA) is 3.24 Å². The molecule has 1 aromatic carbocycles. The lowest BCUT2D eigenvalue weighted by Crippen LogP contribution is -2.24. The molecule has 0 unspecified atom stereocenters. The first-order valence-electron chi connectivity index (χ1n) is 5.14. The molecule has 13 heavy (non-hydrogen) atoms. The van der Waals surface area contributed by atoms with Gasteiger partial charge in [0.05, 0.1) is 0 Å². The number of benzene rings is 1. The molecular weight excluding hydrogens is 158 g/mol. The summed E-state index contributed by atoms with van der Waals surface area (Å²) in [5.74, 6) is 0. The largest absolute Gasteiger partial charge is 0.374 e. The maximum Gasteiger partial charge on any atom is 0.0396 e. The third-order valence-corrected chi connectivity index (χ3v) is 2.90. The molecule has 0 saturated heterocycles. The molecule has 1 aliphatic heterocycles. The molecule has 0 aliphatic carbocycles. The zero-order valence-electron chi connectivity index (χ0n) is 8.51. The van der Waals surface area contributed by atoms with Crippen molar-refractivity contribution in [3.8, 4) is 0 Å². The van der Waals surface area contributed by atoms with Crippen molar-refractivity contribution >= 4 is 5.69 Å². The average Bonchev–Trinajstić information content (AvgIpc) is 2.18. The van der Waals surface area contributed by atoms with Gasteiger partial charge in [-0.25, -0.2) is 0 Å². The van der Waals surface area contributed by atoms with Gasteiger partial charge in [0.2, 0.25) is 0 Å². The Morgan fingerprint density at radius 3 is 3.00 bits per heavy atom. The molecule has 0 atom stereocenters. The SMILES string of the molecule is CCc1ccc2c(c1)CCCN2C. The highest BCUT2D eigenvalue weighted by molar-refractivity contribution is 5.56. The number of hydrogen-bond acceptors (Lipinski definition) is 1. The summed E-state index contributed by atoms with van der Waals surface area (Å²) in [4.78, 5) is 2.36. The third-order valence-electron chi connectivity index (χ3n) is 2.90. The van der Waals surface area contributed by atoms with E-state index in [0.29, 0.717) is 0 Å². The predicted molar refractivity (Wildman–Crippen MR) is 57.4 cm³/mol. The van der Waals surface area contributed by atoms with Crippen LogP contribution in [0.25, 0.3) is 0 Å². The molecule has 70 valence electrons. The van der Waals surface area contributed by atoms with Gasteiger partial charge in [-0.05, 0) is 36.5 Å².